The molecule has 2 heterocycles. The predicted octanol–water partition coefficient (Wildman–Crippen LogP) is 2.50. The first-order valence-electron chi connectivity index (χ1n) is 12.8. The van der Waals surface area contributed by atoms with Crippen LogP contribution in [0.4, 0.5) is 17.6 Å². The highest BCUT2D eigenvalue weighted by Gasteiger charge is 2.47. The zero-order chi connectivity index (χ0) is 28.1. The van der Waals surface area contributed by atoms with E-state index >= 15 is 0 Å². The fourth-order valence-electron chi connectivity index (χ4n) is 5.39. The third-order valence-corrected chi connectivity index (χ3v) is 7.51. The Morgan fingerprint density at radius 3 is 2.49 bits per heavy atom. The number of nitrogens with one attached hydrogen (secondary N) is 3. The van der Waals surface area contributed by atoms with Gasteiger partial charge in [-0.05, 0) is 62.8 Å². The van der Waals surface area contributed by atoms with Crippen LogP contribution in [0.3, 0.4) is 0 Å². The third-order valence-electron chi connectivity index (χ3n) is 7.51. The smallest absolute Gasteiger partial charge is 0.416 e. The molecule has 2 aliphatic rings. The van der Waals surface area contributed by atoms with Gasteiger partial charge < -0.3 is 25.8 Å². The van der Waals surface area contributed by atoms with E-state index in [9.17, 15) is 32.3 Å². The molecular weight excluding hydrogens is 522 g/mol. The largest absolute Gasteiger partial charge is 0.461 e. The SMILES string of the molecule is O=C(CNC(=O)c1cccc(C(F)(F)F)c1)N[C@@]1(C2CCC(O)(c3cnc(OCCF)nc3)CC2)CCNC1. The van der Waals surface area contributed by atoms with Crippen molar-refractivity contribution >= 4 is 11.8 Å². The number of rotatable bonds is 9. The lowest BCUT2D eigenvalue weighted by Gasteiger charge is -2.44. The Bertz CT molecular complexity index is 1150. The summed E-state index contributed by atoms with van der Waals surface area (Å²) in [6.07, 6.45) is 1.07. The number of amides is 2. The number of hydrogen-bond donors (Lipinski definition) is 4. The maximum atomic E-state index is 13.0. The highest BCUT2D eigenvalue weighted by atomic mass is 19.4. The molecule has 39 heavy (non-hydrogen) atoms. The molecule has 1 saturated carbocycles. The second kappa shape index (κ2) is 11.8. The molecule has 0 spiro atoms. The Morgan fingerprint density at radius 2 is 1.87 bits per heavy atom. The van der Waals surface area contributed by atoms with Gasteiger partial charge in [0.05, 0.1) is 23.2 Å². The number of ether oxygens (including phenoxy) is 1. The molecule has 2 aromatic rings. The second-order valence-electron chi connectivity index (χ2n) is 9.99. The summed E-state index contributed by atoms with van der Waals surface area (Å²) in [5, 5.41) is 20.0. The second-order valence-corrected chi connectivity index (χ2v) is 9.99. The Morgan fingerprint density at radius 1 is 1.15 bits per heavy atom. The van der Waals surface area contributed by atoms with Crippen molar-refractivity contribution in [3.63, 3.8) is 0 Å². The number of aliphatic hydroxyl groups is 1. The Labute approximate surface area is 222 Å². The average Bonchev–Trinajstić information content (AvgIpc) is 3.40. The molecule has 13 heteroatoms. The average molecular weight is 554 g/mol. The minimum Gasteiger partial charge on any atom is -0.461 e. The van der Waals surface area contributed by atoms with Crippen LogP contribution in [0.15, 0.2) is 36.7 Å². The van der Waals surface area contributed by atoms with Gasteiger partial charge in [-0.3, -0.25) is 9.59 Å². The van der Waals surface area contributed by atoms with Gasteiger partial charge in [0.15, 0.2) is 0 Å². The number of carbonyl (C=O) groups excluding carboxylic acids is 2. The van der Waals surface area contributed by atoms with Gasteiger partial charge in [-0.2, -0.15) is 13.2 Å². The Hall–Kier alpha value is -3.32. The van der Waals surface area contributed by atoms with Crippen LogP contribution in [0, 0.1) is 5.92 Å². The fraction of sp³-hybridized carbons (Fsp3) is 0.538. The number of alkyl halides is 4. The number of hydrogen-bond acceptors (Lipinski definition) is 7. The van der Waals surface area contributed by atoms with Crippen LogP contribution in [-0.4, -0.2) is 65.3 Å². The first-order chi connectivity index (χ1) is 18.5. The van der Waals surface area contributed by atoms with Crippen molar-refractivity contribution in [3.05, 3.63) is 53.3 Å². The van der Waals surface area contributed by atoms with E-state index < -0.39 is 41.4 Å². The standard InChI is InChI=1S/C26H31F4N5O4/c27-9-11-39-23-33-13-20(14-34-23)25(38)6-4-18(5-7-25)24(8-10-31-16-24)35-21(36)15-32-22(37)17-2-1-3-19(12-17)26(28,29)30/h1-3,12-14,18,31,38H,4-11,15-16H2,(H,32,37)(H,35,36)/t18?,24-,25?/m0/s1. The monoisotopic (exact) mass is 553 g/mol. The van der Waals surface area contributed by atoms with Crippen LogP contribution in [0.2, 0.25) is 0 Å². The minimum atomic E-state index is -4.58. The molecular formula is C26H31F4N5O4. The first-order valence-corrected chi connectivity index (χ1v) is 12.8. The quantitative estimate of drug-likeness (QED) is 0.352. The van der Waals surface area contributed by atoms with E-state index in [2.05, 4.69) is 25.9 Å². The fourth-order valence-corrected chi connectivity index (χ4v) is 5.39. The number of carbonyl (C=O) groups is 2. The van der Waals surface area contributed by atoms with Crippen LogP contribution < -0.4 is 20.7 Å². The summed E-state index contributed by atoms with van der Waals surface area (Å²) in [7, 11) is 0. The van der Waals surface area contributed by atoms with Crippen molar-refractivity contribution in [2.75, 3.05) is 32.9 Å². The molecule has 4 rings (SSSR count). The molecule has 2 fully saturated rings. The number of nitrogens with zero attached hydrogens (tertiary/aromatic N) is 2. The molecule has 1 aliphatic carbocycles. The zero-order valence-corrected chi connectivity index (χ0v) is 21.2. The van der Waals surface area contributed by atoms with Gasteiger partial charge >= 0.3 is 12.2 Å². The maximum absolute atomic E-state index is 13.0. The molecule has 1 aromatic carbocycles. The van der Waals surface area contributed by atoms with E-state index in [0.717, 1.165) is 18.2 Å². The summed E-state index contributed by atoms with van der Waals surface area (Å²) in [6.45, 7) is 0.00837. The molecule has 212 valence electrons. The topological polar surface area (TPSA) is 125 Å². The molecule has 0 radical (unpaired) electrons. The summed E-state index contributed by atoms with van der Waals surface area (Å²) >= 11 is 0. The summed E-state index contributed by atoms with van der Waals surface area (Å²) in [4.78, 5) is 33.3. The summed E-state index contributed by atoms with van der Waals surface area (Å²) in [5.41, 5.74) is -2.33. The van der Waals surface area contributed by atoms with Gasteiger partial charge in [-0.25, -0.2) is 14.4 Å². The van der Waals surface area contributed by atoms with E-state index in [1.807, 2.05) is 0 Å². The molecule has 2 amide bonds. The highest BCUT2D eigenvalue weighted by molar-refractivity contribution is 5.96. The summed E-state index contributed by atoms with van der Waals surface area (Å²) < 4.78 is 56.2. The lowest BCUT2D eigenvalue weighted by Crippen LogP contribution is -2.58. The van der Waals surface area contributed by atoms with Crippen molar-refractivity contribution in [2.45, 2.75) is 49.4 Å². The third kappa shape index (κ3) is 6.82. The molecule has 1 atom stereocenters. The van der Waals surface area contributed by atoms with Crippen LogP contribution >= 0.6 is 0 Å². The van der Waals surface area contributed by atoms with Crippen molar-refractivity contribution in [3.8, 4) is 6.01 Å². The Balaban J connectivity index is 1.34. The van der Waals surface area contributed by atoms with Crippen molar-refractivity contribution in [1.82, 2.24) is 25.9 Å². The molecule has 1 saturated heterocycles. The maximum Gasteiger partial charge on any atom is 0.416 e. The van der Waals surface area contributed by atoms with E-state index in [-0.39, 0.29) is 30.6 Å². The van der Waals surface area contributed by atoms with Gasteiger partial charge in [-0.1, -0.05) is 6.07 Å². The number of benzene rings is 1. The Kier molecular flexibility index (Phi) is 8.70. The number of halogens is 4. The van der Waals surface area contributed by atoms with E-state index in [4.69, 9.17) is 4.74 Å². The molecule has 1 aliphatic heterocycles. The van der Waals surface area contributed by atoms with E-state index in [1.54, 1.807) is 0 Å². The molecule has 0 unspecified atom stereocenters. The molecule has 1 aromatic heterocycles. The number of aromatic nitrogens is 2. The summed E-state index contributed by atoms with van der Waals surface area (Å²) in [6, 6.07) is 4.05. The van der Waals surface area contributed by atoms with Gasteiger partial charge in [0.25, 0.3) is 5.91 Å². The van der Waals surface area contributed by atoms with E-state index in [1.165, 1.54) is 18.5 Å². The molecule has 0 bridgehead atoms. The zero-order valence-electron chi connectivity index (χ0n) is 21.2. The van der Waals surface area contributed by atoms with E-state index in [0.29, 0.717) is 50.8 Å². The van der Waals surface area contributed by atoms with Crippen molar-refractivity contribution in [1.29, 1.82) is 0 Å². The van der Waals surface area contributed by atoms with Crippen molar-refractivity contribution in [2.24, 2.45) is 5.92 Å². The van der Waals surface area contributed by atoms with Gasteiger partial charge in [0.2, 0.25) is 5.91 Å². The van der Waals surface area contributed by atoms with Gasteiger partial charge in [0, 0.05) is 30.1 Å². The van der Waals surface area contributed by atoms with Crippen LogP contribution in [0.5, 0.6) is 6.01 Å². The minimum absolute atomic E-state index is 0.0347. The van der Waals surface area contributed by atoms with Gasteiger partial charge in [-0.15, -0.1) is 0 Å². The molecule has 9 nitrogen and oxygen atoms in total. The lowest BCUT2D eigenvalue weighted by atomic mass is 9.68. The lowest BCUT2D eigenvalue weighted by molar-refractivity contribution is -0.137. The van der Waals surface area contributed by atoms with Crippen LogP contribution in [0.1, 0.15) is 53.6 Å². The van der Waals surface area contributed by atoms with Crippen molar-refractivity contribution < 1.29 is 37.0 Å². The predicted molar refractivity (Wildman–Crippen MR) is 131 cm³/mol. The highest BCUT2D eigenvalue weighted by Crippen LogP contribution is 2.44. The van der Waals surface area contributed by atoms with Crippen LogP contribution in [0.25, 0.3) is 0 Å². The summed E-state index contributed by atoms with van der Waals surface area (Å²) in [5.74, 6) is -1.18. The molecule has 4 N–H and O–H groups in total. The normalized spacial score (nSPS) is 25.2. The van der Waals surface area contributed by atoms with Crippen LogP contribution in [-0.2, 0) is 16.6 Å². The van der Waals surface area contributed by atoms with Gasteiger partial charge in [0.1, 0.15) is 13.3 Å². The first kappa shape index (κ1) is 28.7.